The largest absolute Gasteiger partial charge is 0.480 e. The lowest BCUT2D eigenvalue weighted by Gasteiger charge is -2.40. The SMILES string of the molecule is CCC(CC)(NC(=O)OCC1c2ccccc2-c2ccccc21)C(=O)N1CCSCC1C(=O)O. The first-order valence-corrected chi connectivity index (χ1v) is 12.8. The second-order valence-electron chi connectivity index (χ2n) is 8.67. The molecule has 1 aliphatic heterocycles. The Balaban J connectivity index is 1.49. The summed E-state index contributed by atoms with van der Waals surface area (Å²) in [6, 6.07) is 15.3. The second kappa shape index (κ2) is 10.1. The van der Waals surface area contributed by atoms with Crippen molar-refractivity contribution in [1.82, 2.24) is 10.2 Å². The van der Waals surface area contributed by atoms with Crippen LogP contribution in [0.25, 0.3) is 11.1 Å². The van der Waals surface area contributed by atoms with Crippen LogP contribution in [0.5, 0.6) is 0 Å². The van der Waals surface area contributed by atoms with Crippen molar-refractivity contribution in [2.75, 3.05) is 24.7 Å². The number of fused-ring (bicyclic) bond motifs is 3. The molecular weight excluding hydrogens is 452 g/mol. The lowest BCUT2D eigenvalue weighted by atomic mass is 9.90. The van der Waals surface area contributed by atoms with Crippen LogP contribution < -0.4 is 5.32 Å². The minimum Gasteiger partial charge on any atom is -0.480 e. The van der Waals surface area contributed by atoms with Crippen LogP contribution in [0.1, 0.15) is 43.7 Å². The molecule has 4 rings (SSSR count). The van der Waals surface area contributed by atoms with Gasteiger partial charge < -0.3 is 20.1 Å². The molecule has 2 aliphatic rings. The van der Waals surface area contributed by atoms with Crippen molar-refractivity contribution in [3.63, 3.8) is 0 Å². The third-order valence-corrected chi connectivity index (χ3v) is 8.00. The van der Waals surface area contributed by atoms with E-state index >= 15 is 0 Å². The number of ether oxygens (including phenoxy) is 1. The molecule has 1 aliphatic carbocycles. The molecule has 2 N–H and O–H groups in total. The molecular formula is C26H30N2O5S. The molecule has 8 heteroatoms. The van der Waals surface area contributed by atoms with Gasteiger partial charge in [0.25, 0.3) is 0 Å². The molecule has 180 valence electrons. The van der Waals surface area contributed by atoms with E-state index in [0.29, 0.717) is 30.9 Å². The Morgan fingerprint density at radius 2 is 1.65 bits per heavy atom. The molecule has 2 amide bonds. The lowest BCUT2D eigenvalue weighted by Crippen LogP contribution is -2.63. The number of nitrogens with one attached hydrogen (secondary N) is 1. The summed E-state index contributed by atoms with van der Waals surface area (Å²) < 4.78 is 5.67. The fraction of sp³-hybridized carbons (Fsp3) is 0.423. The molecule has 1 atom stereocenters. The van der Waals surface area contributed by atoms with Gasteiger partial charge in [0.05, 0.1) is 0 Å². The maximum absolute atomic E-state index is 13.5. The molecule has 0 saturated carbocycles. The first kappa shape index (κ1) is 24.1. The number of hydrogen-bond donors (Lipinski definition) is 2. The molecule has 0 radical (unpaired) electrons. The first-order valence-electron chi connectivity index (χ1n) is 11.7. The van der Waals surface area contributed by atoms with Crippen LogP contribution in [0.4, 0.5) is 4.79 Å². The molecule has 1 heterocycles. The van der Waals surface area contributed by atoms with Gasteiger partial charge in [-0.15, -0.1) is 0 Å². The second-order valence-corrected chi connectivity index (χ2v) is 9.82. The maximum atomic E-state index is 13.5. The van der Waals surface area contributed by atoms with E-state index in [1.54, 1.807) is 0 Å². The number of aliphatic carboxylic acids is 1. The molecule has 34 heavy (non-hydrogen) atoms. The normalized spacial score (nSPS) is 17.6. The van der Waals surface area contributed by atoms with E-state index < -0.39 is 23.6 Å². The van der Waals surface area contributed by atoms with Gasteiger partial charge in [0.15, 0.2) is 0 Å². The van der Waals surface area contributed by atoms with Gasteiger partial charge in [-0.1, -0.05) is 62.4 Å². The minimum atomic E-state index is -1.21. The van der Waals surface area contributed by atoms with Gasteiger partial charge >= 0.3 is 12.1 Å². The Kier molecular flexibility index (Phi) is 7.16. The van der Waals surface area contributed by atoms with Crippen LogP contribution in [0.2, 0.25) is 0 Å². The van der Waals surface area contributed by atoms with Gasteiger partial charge in [-0.25, -0.2) is 9.59 Å². The van der Waals surface area contributed by atoms with Crippen molar-refractivity contribution in [3.05, 3.63) is 59.7 Å². The van der Waals surface area contributed by atoms with Crippen molar-refractivity contribution in [3.8, 4) is 11.1 Å². The molecule has 7 nitrogen and oxygen atoms in total. The number of amides is 2. The molecule has 1 unspecified atom stereocenters. The molecule has 1 fully saturated rings. The average molecular weight is 483 g/mol. The van der Waals surface area contributed by atoms with Gasteiger partial charge in [0.1, 0.15) is 18.2 Å². The zero-order valence-corrected chi connectivity index (χ0v) is 20.3. The fourth-order valence-electron chi connectivity index (χ4n) is 4.94. The molecule has 0 spiro atoms. The van der Waals surface area contributed by atoms with Crippen molar-refractivity contribution >= 4 is 29.7 Å². The van der Waals surface area contributed by atoms with Gasteiger partial charge in [0.2, 0.25) is 5.91 Å². The smallest absolute Gasteiger partial charge is 0.408 e. The van der Waals surface area contributed by atoms with Gasteiger partial charge in [-0.05, 0) is 35.1 Å². The van der Waals surface area contributed by atoms with Gasteiger partial charge in [-0.3, -0.25) is 4.79 Å². The summed E-state index contributed by atoms with van der Waals surface area (Å²) in [4.78, 5) is 39.6. The number of carboxylic acid groups (broad SMARTS) is 1. The zero-order valence-electron chi connectivity index (χ0n) is 19.5. The standard InChI is InChI=1S/C26H30N2O5S/c1-3-26(4-2,24(31)28-13-14-34-16-22(28)23(29)30)27-25(32)33-15-21-19-11-7-5-9-17(19)18-10-6-8-12-20(18)21/h5-12,21-22H,3-4,13-16H2,1-2H3,(H,27,32)(H,29,30). The summed E-state index contributed by atoms with van der Waals surface area (Å²) in [6.07, 6.45) is 0.00236. The molecule has 2 aromatic carbocycles. The average Bonchev–Trinajstić information content (AvgIpc) is 3.19. The first-order chi connectivity index (χ1) is 16.4. The van der Waals surface area contributed by atoms with Crippen molar-refractivity contribution in [1.29, 1.82) is 0 Å². The van der Waals surface area contributed by atoms with Gasteiger partial charge in [0, 0.05) is 24.0 Å². The van der Waals surface area contributed by atoms with Crippen LogP contribution in [-0.4, -0.2) is 64.2 Å². The number of nitrogens with zero attached hydrogens (tertiary/aromatic N) is 1. The summed E-state index contributed by atoms with van der Waals surface area (Å²) in [5, 5.41) is 12.4. The number of benzene rings is 2. The number of carbonyl (C=O) groups excluding carboxylic acids is 2. The van der Waals surface area contributed by atoms with Crippen molar-refractivity contribution in [2.45, 2.75) is 44.2 Å². The van der Waals surface area contributed by atoms with Crippen LogP contribution in [0.15, 0.2) is 48.5 Å². The van der Waals surface area contributed by atoms with E-state index in [2.05, 4.69) is 17.4 Å². The Morgan fingerprint density at radius 3 is 2.21 bits per heavy atom. The monoisotopic (exact) mass is 482 g/mol. The summed E-state index contributed by atoms with van der Waals surface area (Å²) in [5.41, 5.74) is 3.29. The Labute approximate surface area is 203 Å². The third-order valence-electron chi connectivity index (χ3n) is 6.98. The van der Waals surface area contributed by atoms with Crippen molar-refractivity contribution < 1.29 is 24.2 Å². The third kappa shape index (κ3) is 4.39. The molecule has 0 bridgehead atoms. The number of carboxylic acids is 1. The molecule has 2 aromatic rings. The molecule has 1 saturated heterocycles. The van der Waals surface area contributed by atoms with Crippen LogP contribution in [0, 0.1) is 0 Å². The Morgan fingerprint density at radius 1 is 1.06 bits per heavy atom. The van der Waals surface area contributed by atoms with E-state index in [1.807, 2.05) is 50.2 Å². The number of alkyl carbamates (subject to hydrolysis) is 1. The number of rotatable bonds is 7. The highest BCUT2D eigenvalue weighted by Crippen LogP contribution is 2.44. The van der Waals surface area contributed by atoms with E-state index in [1.165, 1.54) is 16.7 Å². The zero-order chi connectivity index (χ0) is 24.3. The van der Waals surface area contributed by atoms with Crippen molar-refractivity contribution in [2.24, 2.45) is 0 Å². The highest BCUT2D eigenvalue weighted by atomic mass is 32.2. The topological polar surface area (TPSA) is 95.9 Å². The summed E-state index contributed by atoms with van der Waals surface area (Å²) in [7, 11) is 0. The quantitative estimate of drug-likeness (QED) is 0.617. The summed E-state index contributed by atoms with van der Waals surface area (Å²) >= 11 is 1.52. The van der Waals surface area contributed by atoms with E-state index in [9.17, 15) is 19.5 Å². The predicted molar refractivity (Wildman–Crippen MR) is 132 cm³/mol. The number of thioether (sulfide) groups is 1. The summed E-state index contributed by atoms with van der Waals surface area (Å²) in [6.45, 7) is 4.13. The highest BCUT2D eigenvalue weighted by Gasteiger charge is 2.44. The number of hydrogen-bond acceptors (Lipinski definition) is 5. The van der Waals surface area contributed by atoms with Gasteiger partial charge in [-0.2, -0.15) is 11.8 Å². The molecule has 0 aromatic heterocycles. The Bertz CT molecular complexity index is 1040. The lowest BCUT2D eigenvalue weighted by molar-refractivity contribution is -0.152. The Hall–Kier alpha value is -3.00. The number of carbonyl (C=O) groups is 3. The fourth-order valence-corrected chi connectivity index (χ4v) is 5.98. The minimum absolute atomic E-state index is 0.0815. The maximum Gasteiger partial charge on any atom is 0.408 e. The van der Waals surface area contributed by atoms with Crippen LogP contribution in [-0.2, 0) is 14.3 Å². The van der Waals surface area contributed by atoms with E-state index in [-0.39, 0.29) is 18.4 Å². The van der Waals surface area contributed by atoms with Crippen LogP contribution >= 0.6 is 11.8 Å². The highest BCUT2D eigenvalue weighted by molar-refractivity contribution is 7.99. The van der Waals surface area contributed by atoms with E-state index in [0.717, 1.165) is 22.3 Å². The predicted octanol–water partition coefficient (Wildman–Crippen LogP) is 4.11. The van der Waals surface area contributed by atoms with Crippen LogP contribution in [0.3, 0.4) is 0 Å². The van der Waals surface area contributed by atoms with E-state index in [4.69, 9.17) is 4.74 Å². The summed E-state index contributed by atoms with van der Waals surface area (Å²) in [5.74, 6) is -0.456.